The van der Waals surface area contributed by atoms with Crippen LogP contribution in [0.3, 0.4) is 0 Å². The summed E-state index contributed by atoms with van der Waals surface area (Å²) in [6.45, 7) is 0. The fourth-order valence-corrected chi connectivity index (χ4v) is 1.47. The van der Waals surface area contributed by atoms with Crippen LogP contribution in [-0.2, 0) is 0 Å². The largest absolute Gasteiger partial charge is 0.318 e. The number of aromatic nitrogens is 2. The molecule has 0 bridgehead atoms. The van der Waals surface area contributed by atoms with Crippen LogP contribution in [0.25, 0.3) is 0 Å². The summed E-state index contributed by atoms with van der Waals surface area (Å²) in [5.41, 5.74) is 2.28. The Morgan fingerprint density at radius 2 is 2.11 bits per heavy atom. The highest BCUT2D eigenvalue weighted by atomic mass is 35.5. The number of hydrazine groups is 1. The summed E-state index contributed by atoms with van der Waals surface area (Å²) in [4.78, 5) is 19.4. The fraction of sp³-hybridized carbons (Fsp3) is 0. The van der Waals surface area contributed by atoms with Gasteiger partial charge >= 0.3 is 0 Å². The molecule has 0 spiro atoms. The van der Waals surface area contributed by atoms with Gasteiger partial charge in [0.05, 0.1) is 18.1 Å². The third-order valence-electron chi connectivity index (χ3n) is 2.21. The molecule has 0 saturated heterocycles. The minimum atomic E-state index is -0.600. The Morgan fingerprint density at radius 3 is 2.74 bits per heavy atom. The molecule has 6 nitrogen and oxygen atoms in total. The number of halogens is 2. The highest BCUT2D eigenvalue weighted by molar-refractivity contribution is 6.31. The molecule has 98 valence electrons. The third-order valence-corrected chi connectivity index (χ3v) is 2.44. The molecule has 1 heterocycles. The molecular formula is C11H9ClFN5O. The molecule has 0 aliphatic rings. The van der Waals surface area contributed by atoms with Gasteiger partial charge in [-0.2, -0.15) is 0 Å². The molecule has 1 amide bonds. The van der Waals surface area contributed by atoms with Gasteiger partial charge in [-0.05, 0) is 18.2 Å². The minimum absolute atomic E-state index is 0.0263. The predicted octanol–water partition coefficient (Wildman–Crippen LogP) is 1.81. The number of nitrogens with zero attached hydrogens (tertiary/aromatic N) is 2. The zero-order valence-electron chi connectivity index (χ0n) is 9.52. The average molecular weight is 282 g/mol. The normalized spacial score (nSPS) is 10.1. The Labute approximate surface area is 112 Å². The van der Waals surface area contributed by atoms with Gasteiger partial charge in [-0.25, -0.2) is 20.2 Å². The third kappa shape index (κ3) is 3.15. The first-order chi connectivity index (χ1) is 9.10. The van der Waals surface area contributed by atoms with Crippen LogP contribution in [0, 0.1) is 5.82 Å². The second-order valence-corrected chi connectivity index (χ2v) is 3.95. The van der Waals surface area contributed by atoms with E-state index < -0.39 is 11.7 Å². The summed E-state index contributed by atoms with van der Waals surface area (Å²) in [6.07, 6.45) is 2.50. The number of benzene rings is 1. The molecule has 0 saturated carbocycles. The molecule has 0 radical (unpaired) electrons. The first kappa shape index (κ1) is 13.2. The van der Waals surface area contributed by atoms with E-state index in [-0.39, 0.29) is 11.4 Å². The van der Waals surface area contributed by atoms with Crippen LogP contribution in [0.15, 0.2) is 30.6 Å². The van der Waals surface area contributed by atoms with Gasteiger partial charge in [0.15, 0.2) is 5.82 Å². The summed E-state index contributed by atoms with van der Waals surface area (Å²) in [6, 6.07) is 3.84. The van der Waals surface area contributed by atoms with Crippen molar-refractivity contribution < 1.29 is 9.18 Å². The molecule has 4 N–H and O–H groups in total. The van der Waals surface area contributed by atoms with E-state index >= 15 is 0 Å². The van der Waals surface area contributed by atoms with Crippen molar-refractivity contribution in [3.63, 3.8) is 0 Å². The maximum Gasteiger partial charge on any atom is 0.275 e. The van der Waals surface area contributed by atoms with Gasteiger partial charge in [0, 0.05) is 5.02 Å². The highest BCUT2D eigenvalue weighted by Crippen LogP contribution is 2.19. The summed E-state index contributed by atoms with van der Waals surface area (Å²) in [5, 5.41) is 2.66. The zero-order chi connectivity index (χ0) is 13.8. The molecule has 19 heavy (non-hydrogen) atoms. The summed E-state index contributed by atoms with van der Waals surface area (Å²) >= 11 is 5.72. The van der Waals surface area contributed by atoms with E-state index in [2.05, 4.69) is 20.7 Å². The van der Waals surface area contributed by atoms with Crippen molar-refractivity contribution in [1.82, 2.24) is 9.97 Å². The van der Waals surface area contributed by atoms with Gasteiger partial charge in [-0.1, -0.05) is 11.6 Å². The lowest BCUT2D eigenvalue weighted by molar-refractivity contribution is 0.102. The zero-order valence-corrected chi connectivity index (χ0v) is 10.3. The van der Waals surface area contributed by atoms with Crippen LogP contribution in [-0.4, -0.2) is 15.9 Å². The molecule has 0 aliphatic carbocycles. The molecule has 0 aliphatic heterocycles. The Kier molecular flexibility index (Phi) is 3.88. The number of carbonyl (C=O) groups is 1. The summed E-state index contributed by atoms with van der Waals surface area (Å²) in [5.74, 6) is 4.24. The number of hydrogen-bond acceptors (Lipinski definition) is 5. The predicted molar refractivity (Wildman–Crippen MR) is 69.2 cm³/mol. The Hall–Kier alpha value is -2.25. The van der Waals surface area contributed by atoms with E-state index in [1.165, 1.54) is 24.5 Å². The lowest BCUT2D eigenvalue weighted by Gasteiger charge is -2.06. The van der Waals surface area contributed by atoms with Crippen molar-refractivity contribution in [2.45, 2.75) is 0 Å². The SMILES string of the molecule is NNc1cnc(C(=O)Nc2cc(Cl)ccc2F)cn1. The van der Waals surface area contributed by atoms with Crippen molar-refractivity contribution in [1.29, 1.82) is 0 Å². The molecule has 2 aromatic rings. The van der Waals surface area contributed by atoms with Gasteiger partial charge in [0.2, 0.25) is 0 Å². The molecule has 1 aromatic carbocycles. The highest BCUT2D eigenvalue weighted by Gasteiger charge is 2.11. The first-order valence-corrected chi connectivity index (χ1v) is 5.53. The smallest absolute Gasteiger partial charge is 0.275 e. The van der Waals surface area contributed by atoms with Crippen LogP contribution < -0.4 is 16.6 Å². The van der Waals surface area contributed by atoms with Crippen LogP contribution in [0.1, 0.15) is 10.5 Å². The van der Waals surface area contributed by atoms with Crippen molar-refractivity contribution >= 4 is 29.0 Å². The van der Waals surface area contributed by atoms with Gasteiger partial charge in [0.25, 0.3) is 5.91 Å². The first-order valence-electron chi connectivity index (χ1n) is 5.15. The number of amides is 1. The van der Waals surface area contributed by atoms with Gasteiger partial charge in [-0.3, -0.25) is 4.79 Å². The van der Waals surface area contributed by atoms with Crippen molar-refractivity contribution in [2.75, 3.05) is 10.7 Å². The second kappa shape index (κ2) is 5.59. The Balaban J connectivity index is 2.18. The van der Waals surface area contributed by atoms with Crippen molar-refractivity contribution in [2.24, 2.45) is 5.84 Å². The number of nitrogen functional groups attached to an aromatic ring is 1. The van der Waals surface area contributed by atoms with E-state index in [1.807, 2.05) is 0 Å². The standard InChI is InChI=1S/C11H9ClFN5O/c12-6-1-2-7(13)8(3-6)17-11(19)9-4-16-10(18-14)5-15-9/h1-5H,14H2,(H,16,18)(H,17,19). The van der Waals surface area contributed by atoms with E-state index in [4.69, 9.17) is 17.4 Å². The van der Waals surface area contributed by atoms with Gasteiger partial charge in [-0.15, -0.1) is 0 Å². The van der Waals surface area contributed by atoms with Crippen molar-refractivity contribution in [3.05, 3.63) is 47.1 Å². The van der Waals surface area contributed by atoms with E-state index in [0.717, 1.165) is 6.07 Å². The van der Waals surface area contributed by atoms with E-state index in [0.29, 0.717) is 10.8 Å². The summed E-state index contributed by atoms with van der Waals surface area (Å²) < 4.78 is 13.4. The number of anilines is 2. The van der Waals surface area contributed by atoms with E-state index in [1.54, 1.807) is 0 Å². The molecule has 0 unspecified atom stereocenters. The van der Waals surface area contributed by atoms with Gasteiger partial charge < -0.3 is 10.7 Å². The molecule has 1 aromatic heterocycles. The molecule has 0 fully saturated rings. The quantitative estimate of drug-likeness (QED) is 0.589. The summed E-state index contributed by atoms with van der Waals surface area (Å²) in [7, 11) is 0. The maximum absolute atomic E-state index is 13.4. The topological polar surface area (TPSA) is 92.9 Å². The van der Waals surface area contributed by atoms with Crippen LogP contribution in [0.2, 0.25) is 5.02 Å². The van der Waals surface area contributed by atoms with Gasteiger partial charge in [0.1, 0.15) is 11.5 Å². The Bertz CT molecular complexity index is 605. The minimum Gasteiger partial charge on any atom is -0.318 e. The lowest BCUT2D eigenvalue weighted by Crippen LogP contribution is -2.16. The van der Waals surface area contributed by atoms with Crippen molar-refractivity contribution in [3.8, 4) is 0 Å². The Morgan fingerprint density at radius 1 is 1.32 bits per heavy atom. The number of nitrogens with one attached hydrogen (secondary N) is 2. The average Bonchev–Trinajstić information content (AvgIpc) is 2.43. The molecule has 0 atom stereocenters. The number of hydrogen-bond donors (Lipinski definition) is 3. The molecule has 8 heteroatoms. The maximum atomic E-state index is 13.4. The van der Waals surface area contributed by atoms with Crippen LogP contribution in [0.5, 0.6) is 0 Å². The number of carbonyl (C=O) groups excluding carboxylic acids is 1. The van der Waals surface area contributed by atoms with Crippen LogP contribution in [0.4, 0.5) is 15.9 Å². The molecule has 2 rings (SSSR count). The fourth-order valence-electron chi connectivity index (χ4n) is 1.30. The monoisotopic (exact) mass is 281 g/mol. The lowest BCUT2D eigenvalue weighted by atomic mass is 10.3. The second-order valence-electron chi connectivity index (χ2n) is 3.51. The van der Waals surface area contributed by atoms with Crippen LogP contribution >= 0.6 is 11.6 Å². The number of nitrogens with two attached hydrogens (primary N) is 1. The number of rotatable bonds is 3. The molecular weight excluding hydrogens is 273 g/mol. The van der Waals surface area contributed by atoms with E-state index in [9.17, 15) is 9.18 Å².